The average Bonchev–Trinajstić information content (AvgIpc) is 3.00. The first-order valence-electron chi connectivity index (χ1n) is 9.36. The van der Waals surface area contributed by atoms with Crippen molar-refractivity contribution in [3.8, 4) is 5.69 Å². The van der Waals surface area contributed by atoms with Gasteiger partial charge in [0, 0.05) is 12.6 Å². The normalized spacial score (nSPS) is 12.2. The quantitative estimate of drug-likeness (QED) is 0.638. The van der Waals surface area contributed by atoms with E-state index in [4.69, 9.17) is 11.6 Å². The smallest absolute Gasteiger partial charge is 0.256 e. The van der Waals surface area contributed by atoms with Gasteiger partial charge in [-0.1, -0.05) is 41.9 Å². The highest BCUT2D eigenvalue weighted by molar-refractivity contribution is 6.33. The molecule has 0 aliphatic carbocycles. The van der Waals surface area contributed by atoms with Crippen LogP contribution in [0.25, 0.3) is 5.69 Å². The van der Waals surface area contributed by atoms with E-state index in [2.05, 4.69) is 27.4 Å². The topological polar surface area (TPSA) is 50.2 Å². The molecule has 1 unspecified atom stereocenters. The lowest BCUT2D eigenvalue weighted by Gasteiger charge is -2.24. The number of rotatable bonds is 7. The number of amides is 1. The zero-order valence-electron chi connectivity index (χ0n) is 16.7. The third-order valence-electron chi connectivity index (χ3n) is 4.85. The van der Waals surface area contributed by atoms with E-state index < -0.39 is 0 Å². The second-order valence-corrected chi connectivity index (χ2v) is 7.51. The van der Waals surface area contributed by atoms with Gasteiger partial charge in [-0.15, -0.1) is 0 Å². The lowest BCUT2D eigenvalue weighted by Crippen LogP contribution is -2.41. The number of halogens is 2. The molecule has 0 saturated heterocycles. The second-order valence-electron chi connectivity index (χ2n) is 7.16. The minimum Gasteiger partial charge on any atom is -0.350 e. The molecule has 1 atom stereocenters. The van der Waals surface area contributed by atoms with Crippen LogP contribution in [0.1, 0.15) is 21.6 Å². The number of carbonyl (C=O) groups is 1. The van der Waals surface area contributed by atoms with Gasteiger partial charge >= 0.3 is 0 Å². The molecule has 0 fully saturated rings. The molecule has 0 saturated carbocycles. The van der Waals surface area contributed by atoms with Gasteiger partial charge in [0.2, 0.25) is 0 Å². The van der Waals surface area contributed by atoms with Crippen LogP contribution in [0.2, 0.25) is 5.15 Å². The molecule has 5 nitrogen and oxygen atoms in total. The Balaban J connectivity index is 1.74. The summed E-state index contributed by atoms with van der Waals surface area (Å²) in [6, 6.07) is 16.1. The minimum atomic E-state index is -0.347. The van der Waals surface area contributed by atoms with Gasteiger partial charge in [0.25, 0.3) is 5.91 Å². The SMILES string of the molecule is Cc1nn(-c2ccc(F)cc2)c(Cl)c1C(=O)NCC(Cc1ccccc1)N(C)C. The molecule has 1 aromatic heterocycles. The molecule has 0 aliphatic heterocycles. The third-order valence-corrected chi connectivity index (χ3v) is 5.19. The molecule has 2 aromatic carbocycles. The lowest BCUT2D eigenvalue weighted by atomic mass is 10.1. The highest BCUT2D eigenvalue weighted by atomic mass is 35.5. The fourth-order valence-corrected chi connectivity index (χ4v) is 3.49. The fourth-order valence-electron chi connectivity index (χ4n) is 3.13. The van der Waals surface area contributed by atoms with E-state index in [1.54, 1.807) is 19.1 Å². The van der Waals surface area contributed by atoms with Crippen molar-refractivity contribution in [1.82, 2.24) is 20.0 Å². The third kappa shape index (κ3) is 5.02. The zero-order chi connectivity index (χ0) is 21.0. The Bertz CT molecular complexity index is 970. The van der Waals surface area contributed by atoms with E-state index in [1.807, 2.05) is 32.3 Å². The van der Waals surface area contributed by atoms with Gasteiger partial charge in [-0.05, 0) is 57.3 Å². The molecule has 29 heavy (non-hydrogen) atoms. The summed E-state index contributed by atoms with van der Waals surface area (Å²) >= 11 is 6.44. The summed E-state index contributed by atoms with van der Waals surface area (Å²) in [7, 11) is 3.98. The van der Waals surface area contributed by atoms with Gasteiger partial charge < -0.3 is 10.2 Å². The molecular weight excluding hydrogens is 391 g/mol. The maximum Gasteiger partial charge on any atom is 0.256 e. The minimum absolute atomic E-state index is 0.132. The number of nitrogens with zero attached hydrogens (tertiary/aromatic N) is 3. The first-order chi connectivity index (χ1) is 13.9. The van der Waals surface area contributed by atoms with Crippen LogP contribution in [-0.4, -0.2) is 47.3 Å². The van der Waals surface area contributed by atoms with Crippen molar-refractivity contribution in [3.05, 3.63) is 82.4 Å². The molecule has 3 aromatic rings. The monoisotopic (exact) mass is 414 g/mol. The molecule has 0 radical (unpaired) electrons. The predicted octanol–water partition coefficient (Wildman–Crippen LogP) is 3.88. The van der Waals surface area contributed by atoms with Crippen LogP contribution in [0.15, 0.2) is 54.6 Å². The zero-order valence-corrected chi connectivity index (χ0v) is 17.4. The molecule has 7 heteroatoms. The van der Waals surface area contributed by atoms with E-state index in [1.165, 1.54) is 22.4 Å². The van der Waals surface area contributed by atoms with Crippen molar-refractivity contribution in [2.45, 2.75) is 19.4 Å². The molecule has 1 amide bonds. The molecule has 152 valence electrons. The number of nitrogens with one attached hydrogen (secondary N) is 1. The van der Waals surface area contributed by atoms with Crippen molar-refractivity contribution in [3.63, 3.8) is 0 Å². The second kappa shape index (κ2) is 9.20. The number of hydrogen-bond acceptors (Lipinski definition) is 3. The Kier molecular flexibility index (Phi) is 6.67. The van der Waals surface area contributed by atoms with Crippen LogP contribution in [-0.2, 0) is 6.42 Å². The number of aromatic nitrogens is 2. The van der Waals surface area contributed by atoms with Gasteiger partial charge in [0.1, 0.15) is 11.0 Å². The van der Waals surface area contributed by atoms with Crippen molar-refractivity contribution in [1.29, 1.82) is 0 Å². The molecule has 1 heterocycles. The fraction of sp³-hybridized carbons (Fsp3) is 0.273. The summed E-state index contributed by atoms with van der Waals surface area (Å²) in [6.07, 6.45) is 0.815. The summed E-state index contributed by atoms with van der Waals surface area (Å²) < 4.78 is 14.6. The molecule has 3 rings (SSSR count). The predicted molar refractivity (Wildman–Crippen MR) is 113 cm³/mol. The number of likely N-dealkylation sites (N-methyl/N-ethyl adjacent to an activating group) is 1. The van der Waals surface area contributed by atoms with E-state index in [9.17, 15) is 9.18 Å². The van der Waals surface area contributed by atoms with Crippen molar-refractivity contribution in [2.24, 2.45) is 0 Å². The molecule has 0 aliphatic rings. The number of aryl methyl sites for hydroxylation is 1. The Morgan fingerprint density at radius 2 is 1.83 bits per heavy atom. The van der Waals surface area contributed by atoms with Crippen molar-refractivity contribution >= 4 is 17.5 Å². The molecule has 0 bridgehead atoms. The Morgan fingerprint density at radius 3 is 2.45 bits per heavy atom. The summed E-state index contributed by atoms with van der Waals surface area (Å²) in [5.41, 5.74) is 2.64. The highest BCUT2D eigenvalue weighted by Crippen LogP contribution is 2.23. The van der Waals surface area contributed by atoms with Gasteiger partial charge in [0.15, 0.2) is 0 Å². The summed E-state index contributed by atoms with van der Waals surface area (Å²) in [5.74, 6) is -0.624. The first kappa shape index (κ1) is 21.0. The average molecular weight is 415 g/mol. The summed E-state index contributed by atoms with van der Waals surface area (Å²) in [5, 5.41) is 7.53. The van der Waals surface area contributed by atoms with Gasteiger partial charge in [-0.2, -0.15) is 5.10 Å². The van der Waals surface area contributed by atoms with Crippen LogP contribution in [0.5, 0.6) is 0 Å². The van der Waals surface area contributed by atoms with Crippen molar-refractivity contribution in [2.75, 3.05) is 20.6 Å². The van der Waals surface area contributed by atoms with Crippen LogP contribution in [0.4, 0.5) is 4.39 Å². The number of carbonyl (C=O) groups excluding carboxylic acids is 1. The van der Waals surface area contributed by atoms with Crippen molar-refractivity contribution < 1.29 is 9.18 Å². The van der Waals surface area contributed by atoms with Crippen LogP contribution >= 0.6 is 11.6 Å². The standard InChI is InChI=1S/C22H24ClFN4O/c1-15-20(21(23)28(26-15)18-11-9-17(24)10-12-18)22(29)25-14-19(27(2)3)13-16-7-5-4-6-8-16/h4-12,19H,13-14H2,1-3H3,(H,25,29). The van der Waals surface area contributed by atoms with Crippen LogP contribution in [0.3, 0.4) is 0 Å². The van der Waals surface area contributed by atoms with E-state index in [0.29, 0.717) is 23.5 Å². The van der Waals surface area contributed by atoms with Crippen LogP contribution < -0.4 is 5.32 Å². The summed E-state index contributed by atoms with van der Waals surface area (Å²) in [6.45, 7) is 2.20. The van der Waals surface area contributed by atoms with Crippen LogP contribution in [0, 0.1) is 12.7 Å². The maximum atomic E-state index is 13.2. The Labute approximate surface area is 175 Å². The summed E-state index contributed by atoms with van der Waals surface area (Å²) in [4.78, 5) is 14.9. The van der Waals surface area contributed by atoms with Gasteiger partial charge in [0.05, 0.1) is 16.9 Å². The van der Waals surface area contributed by atoms with E-state index >= 15 is 0 Å². The van der Waals surface area contributed by atoms with E-state index in [0.717, 1.165) is 6.42 Å². The van der Waals surface area contributed by atoms with Gasteiger partial charge in [-0.25, -0.2) is 9.07 Å². The number of hydrogen-bond donors (Lipinski definition) is 1. The highest BCUT2D eigenvalue weighted by Gasteiger charge is 2.22. The van der Waals surface area contributed by atoms with E-state index in [-0.39, 0.29) is 22.9 Å². The largest absolute Gasteiger partial charge is 0.350 e. The lowest BCUT2D eigenvalue weighted by molar-refractivity contribution is 0.0941. The molecule has 0 spiro atoms. The molecule has 1 N–H and O–H groups in total. The maximum absolute atomic E-state index is 13.2. The van der Waals surface area contributed by atoms with Gasteiger partial charge in [-0.3, -0.25) is 4.79 Å². The number of benzene rings is 2. The first-order valence-corrected chi connectivity index (χ1v) is 9.74. The Hall–Kier alpha value is -2.70. The molecular formula is C22H24ClFN4O. The Morgan fingerprint density at radius 1 is 1.17 bits per heavy atom.